The van der Waals surface area contributed by atoms with Crippen molar-refractivity contribution in [3.63, 3.8) is 0 Å². The number of hydrogen-bond donors (Lipinski definition) is 0. The van der Waals surface area contributed by atoms with Crippen molar-refractivity contribution in [3.05, 3.63) is 59.2 Å². The van der Waals surface area contributed by atoms with Crippen molar-refractivity contribution >= 4 is 0 Å². The van der Waals surface area contributed by atoms with E-state index < -0.39 is 0 Å². The Labute approximate surface area is 95.0 Å². The van der Waals surface area contributed by atoms with Gasteiger partial charge in [0.1, 0.15) is 0 Å². The predicted octanol–water partition coefficient (Wildman–Crippen LogP) is 3.32. The van der Waals surface area contributed by atoms with Crippen molar-refractivity contribution in [2.24, 2.45) is 0 Å². The second-order valence-corrected chi connectivity index (χ2v) is 4.16. The molecule has 3 rings (SSSR count). The van der Waals surface area contributed by atoms with E-state index in [0.29, 0.717) is 6.42 Å². The molecule has 0 bridgehead atoms. The lowest BCUT2D eigenvalue weighted by Crippen LogP contribution is -1.85. The quantitative estimate of drug-likeness (QED) is 0.597. The van der Waals surface area contributed by atoms with Crippen LogP contribution in [0.15, 0.2) is 42.5 Å². The summed E-state index contributed by atoms with van der Waals surface area (Å²) in [6.07, 6.45) is 1.52. The molecule has 0 saturated carbocycles. The summed E-state index contributed by atoms with van der Waals surface area (Å²) in [5.41, 5.74) is 6.52. The molecule has 1 heteroatoms. The Morgan fingerprint density at radius 2 is 1.81 bits per heavy atom. The van der Waals surface area contributed by atoms with Gasteiger partial charge in [-0.2, -0.15) is 5.26 Å². The van der Waals surface area contributed by atoms with Crippen LogP contribution in [-0.4, -0.2) is 0 Å². The van der Waals surface area contributed by atoms with Gasteiger partial charge in [-0.25, -0.2) is 0 Å². The van der Waals surface area contributed by atoms with Crippen LogP contribution >= 0.6 is 0 Å². The third-order valence-corrected chi connectivity index (χ3v) is 3.15. The Morgan fingerprint density at radius 1 is 1.00 bits per heavy atom. The van der Waals surface area contributed by atoms with Gasteiger partial charge >= 0.3 is 0 Å². The van der Waals surface area contributed by atoms with Crippen LogP contribution in [0, 0.1) is 11.3 Å². The van der Waals surface area contributed by atoms with Crippen LogP contribution < -0.4 is 0 Å². The maximum atomic E-state index is 8.71. The van der Waals surface area contributed by atoms with Crippen LogP contribution in [0.25, 0.3) is 11.1 Å². The summed E-state index contributed by atoms with van der Waals surface area (Å²) in [4.78, 5) is 0. The van der Waals surface area contributed by atoms with Crippen molar-refractivity contribution in [2.45, 2.75) is 12.8 Å². The van der Waals surface area contributed by atoms with Gasteiger partial charge in [-0.1, -0.05) is 36.4 Å². The van der Waals surface area contributed by atoms with Crippen LogP contribution in [0.5, 0.6) is 0 Å². The van der Waals surface area contributed by atoms with Crippen LogP contribution in [0.1, 0.15) is 16.7 Å². The van der Waals surface area contributed by atoms with E-state index in [-0.39, 0.29) is 0 Å². The highest BCUT2D eigenvalue weighted by Crippen LogP contribution is 2.36. The molecule has 16 heavy (non-hydrogen) atoms. The van der Waals surface area contributed by atoms with Gasteiger partial charge in [-0.05, 0) is 40.3 Å². The number of fused-ring (bicyclic) bond motifs is 3. The molecule has 0 unspecified atom stereocenters. The summed E-state index contributed by atoms with van der Waals surface area (Å²) in [6, 6.07) is 17.1. The average Bonchev–Trinajstić information content (AvgIpc) is 2.68. The number of nitrogens with zero attached hydrogens (tertiary/aromatic N) is 1. The fourth-order valence-electron chi connectivity index (χ4n) is 2.37. The third kappa shape index (κ3) is 1.31. The van der Waals surface area contributed by atoms with E-state index in [2.05, 4.69) is 48.5 Å². The first kappa shape index (κ1) is 9.18. The van der Waals surface area contributed by atoms with Crippen LogP contribution in [-0.2, 0) is 12.8 Å². The molecule has 76 valence electrons. The van der Waals surface area contributed by atoms with Gasteiger partial charge in [-0.15, -0.1) is 0 Å². The number of rotatable bonds is 1. The van der Waals surface area contributed by atoms with E-state index in [1.165, 1.54) is 22.3 Å². The summed E-state index contributed by atoms with van der Waals surface area (Å²) < 4.78 is 0. The summed E-state index contributed by atoms with van der Waals surface area (Å²) in [5.74, 6) is 0. The Bertz CT molecular complexity index is 591. The van der Waals surface area contributed by atoms with Crippen LogP contribution in [0.2, 0.25) is 0 Å². The first-order chi connectivity index (χ1) is 7.88. The second-order valence-electron chi connectivity index (χ2n) is 4.16. The van der Waals surface area contributed by atoms with Crippen molar-refractivity contribution in [3.8, 4) is 17.2 Å². The zero-order valence-electron chi connectivity index (χ0n) is 8.90. The van der Waals surface area contributed by atoms with Crippen molar-refractivity contribution in [2.75, 3.05) is 0 Å². The Balaban J connectivity index is 2.15. The summed E-state index contributed by atoms with van der Waals surface area (Å²) in [7, 11) is 0. The Hall–Kier alpha value is -2.07. The minimum atomic E-state index is 0.495. The fraction of sp³-hybridized carbons (Fsp3) is 0.133. The molecule has 0 aromatic heterocycles. The molecule has 0 amide bonds. The molecule has 0 radical (unpaired) electrons. The first-order valence-electron chi connectivity index (χ1n) is 5.45. The number of hydrogen-bond acceptors (Lipinski definition) is 1. The zero-order valence-corrected chi connectivity index (χ0v) is 8.90. The lowest BCUT2D eigenvalue weighted by Gasteiger charge is -2.02. The van der Waals surface area contributed by atoms with Crippen LogP contribution in [0.4, 0.5) is 0 Å². The second kappa shape index (κ2) is 3.50. The van der Waals surface area contributed by atoms with E-state index in [4.69, 9.17) is 5.26 Å². The standard InChI is InChI=1S/C15H11N/c16-8-7-11-5-6-13-10-12-3-1-2-4-14(12)15(13)9-11/h1-6,9H,7,10H2. The minimum absolute atomic E-state index is 0.495. The summed E-state index contributed by atoms with van der Waals surface area (Å²) in [5, 5.41) is 8.71. The third-order valence-electron chi connectivity index (χ3n) is 3.15. The molecular weight excluding hydrogens is 194 g/mol. The molecule has 2 aromatic carbocycles. The number of benzene rings is 2. The van der Waals surface area contributed by atoms with E-state index in [0.717, 1.165) is 12.0 Å². The van der Waals surface area contributed by atoms with Crippen molar-refractivity contribution < 1.29 is 0 Å². The molecule has 0 fully saturated rings. The maximum absolute atomic E-state index is 8.71. The van der Waals surface area contributed by atoms with Gasteiger partial charge in [-0.3, -0.25) is 0 Å². The highest BCUT2D eigenvalue weighted by atomic mass is 14.2. The molecule has 0 heterocycles. The molecule has 1 aliphatic carbocycles. The highest BCUT2D eigenvalue weighted by molar-refractivity contribution is 5.77. The fourth-order valence-corrected chi connectivity index (χ4v) is 2.37. The molecule has 1 nitrogen and oxygen atoms in total. The Kier molecular flexibility index (Phi) is 2.01. The van der Waals surface area contributed by atoms with E-state index in [1.54, 1.807) is 0 Å². The van der Waals surface area contributed by atoms with Crippen molar-refractivity contribution in [1.29, 1.82) is 5.26 Å². The van der Waals surface area contributed by atoms with Crippen LogP contribution in [0.3, 0.4) is 0 Å². The van der Waals surface area contributed by atoms with Gasteiger partial charge in [0.05, 0.1) is 12.5 Å². The molecule has 0 atom stereocenters. The minimum Gasteiger partial charge on any atom is -0.198 e. The monoisotopic (exact) mass is 205 g/mol. The topological polar surface area (TPSA) is 23.8 Å². The molecule has 0 aliphatic heterocycles. The normalized spacial score (nSPS) is 11.7. The zero-order chi connectivity index (χ0) is 11.0. The predicted molar refractivity (Wildman–Crippen MR) is 64.0 cm³/mol. The molecule has 1 aliphatic rings. The SMILES string of the molecule is N#CCc1ccc2c(c1)-c1ccccc1C2. The summed E-state index contributed by atoms with van der Waals surface area (Å²) >= 11 is 0. The average molecular weight is 205 g/mol. The molecule has 0 spiro atoms. The van der Waals surface area contributed by atoms with Gasteiger partial charge in [0, 0.05) is 0 Å². The summed E-state index contributed by atoms with van der Waals surface area (Å²) in [6.45, 7) is 0. The number of nitriles is 1. The largest absolute Gasteiger partial charge is 0.198 e. The lowest BCUT2D eigenvalue weighted by molar-refractivity contribution is 1.23. The van der Waals surface area contributed by atoms with E-state index >= 15 is 0 Å². The molecular formula is C15H11N. The molecule has 2 aromatic rings. The highest BCUT2D eigenvalue weighted by Gasteiger charge is 2.17. The first-order valence-corrected chi connectivity index (χ1v) is 5.45. The van der Waals surface area contributed by atoms with E-state index in [9.17, 15) is 0 Å². The van der Waals surface area contributed by atoms with Gasteiger partial charge in [0.15, 0.2) is 0 Å². The lowest BCUT2D eigenvalue weighted by atomic mass is 10.0. The maximum Gasteiger partial charge on any atom is 0.0669 e. The van der Waals surface area contributed by atoms with Crippen molar-refractivity contribution in [1.82, 2.24) is 0 Å². The smallest absolute Gasteiger partial charge is 0.0669 e. The molecule has 0 saturated heterocycles. The van der Waals surface area contributed by atoms with E-state index in [1.807, 2.05) is 0 Å². The Morgan fingerprint density at radius 3 is 2.69 bits per heavy atom. The van der Waals surface area contributed by atoms with Gasteiger partial charge in [0.2, 0.25) is 0 Å². The van der Waals surface area contributed by atoms with Gasteiger partial charge in [0.25, 0.3) is 0 Å². The van der Waals surface area contributed by atoms with Gasteiger partial charge < -0.3 is 0 Å². The molecule has 0 N–H and O–H groups in total.